The fourth-order valence-electron chi connectivity index (χ4n) is 6.58. The highest BCUT2D eigenvalue weighted by atomic mass is 32.2. The molecule has 0 bridgehead atoms. The lowest BCUT2D eigenvalue weighted by Crippen LogP contribution is -2.42. The molecule has 12 nitrogen and oxygen atoms in total. The molecule has 0 saturated heterocycles. The minimum absolute atomic E-state index is 0.0570. The molecule has 1 aliphatic heterocycles. The molecule has 1 N–H and O–H groups in total. The van der Waals surface area contributed by atoms with Crippen molar-refractivity contribution >= 4 is 15.9 Å². The van der Waals surface area contributed by atoms with Crippen LogP contribution in [0.1, 0.15) is 55.7 Å². The molecule has 13 heteroatoms. The number of ether oxygens (including phenoxy) is 3. The summed E-state index contributed by atoms with van der Waals surface area (Å²) >= 11 is 0. The standard InChI is InChI=1S/C35H46N4O8S/c1-25-33(35(42)39(37(25)3)28-13-9-6-10-14-28)26-23-31(34(41)36(2)27-11-7-5-8-12-27)47-32(24-26)46-22-20-38(19-21-40)48(43,44)30-17-15-29(45-4)16-18-30/h6,9-10,13-18,23,26-27,32,40H,5,7-8,11-12,19-22,24H2,1-4H3/t26-,32+/m0/s1. The topological polar surface area (TPSA) is 133 Å². The quantitative estimate of drug-likeness (QED) is 0.289. The molecule has 1 amide bonds. The van der Waals surface area contributed by atoms with Gasteiger partial charge in [-0.25, -0.2) is 13.1 Å². The largest absolute Gasteiger partial charge is 0.497 e. The molecule has 0 radical (unpaired) electrons. The van der Waals surface area contributed by atoms with E-state index in [-0.39, 0.29) is 60.9 Å². The molecule has 260 valence electrons. The average molecular weight is 683 g/mol. The van der Waals surface area contributed by atoms with Crippen LogP contribution in [0, 0.1) is 6.92 Å². The number of hydrogen-bond acceptors (Lipinski definition) is 8. The normalized spacial score (nSPS) is 18.8. The second kappa shape index (κ2) is 15.5. The van der Waals surface area contributed by atoms with E-state index < -0.39 is 22.2 Å². The number of amides is 1. The van der Waals surface area contributed by atoms with E-state index in [9.17, 15) is 23.1 Å². The molecule has 2 heterocycles. The van der Waals surface area contributed by atoms with Crippen LogP contribution >= 0.6 is 0 Å². The third-order valence-electron chi connectivity index (χ3n) is 9.37. The summed E-state index contributed by atoms with van der Waals surface area (Å²) in [5.74, 6) is -0.146. The van der Waals surface area contributed by atoms with E-state index in [1.165, 1.54) is 19.2 Å². The summed E-state index contributed by atoms with van der Waals surface area (Å²) in [5.41, 5.74) is 1.81. The van der Waals surface area contributed by atoms with Crippen LogP contribution in [0.2, 0.25) is 0 Å². The third-order valence-corrected chi connectivity index (χ3v) is 11.3. The van der Waals surface area contributed by atoms with Crippen molar-refractivity contribution in [1.29, 1.82) is 0 Å². The number of methoxy groups -OCH3 is 1. The van der Waals surface area contributed by atoms with Crippen LogP contribution in [0.5, 0.6) is 5.75 Å². The Kier molecular flexibility index (Phi) is 11.5. The van der Waals surface area contributed by atoms with Crippen LogP contribution in [0.25, 0.3) is 5.69 Å². The van der Waals surface area contributed by atoms with Gasteiger partial charge in [0, 0.05) is 56.8 Å². The van der Waals surface area contributed by atoms with E-state index >= 15 is 0 Å². The van der Waals surface area contributed by atoms with Crippen LogP contribution in [-0.4, -0.2) is 90.8 Å². The number of para-hydroxylation sites is 1. The minimum atomic E-state index is -3.95. The lowest BCUT2D eigenvalue weighted by Gasteiger charge is -2.34. The highest BCUT2D eigenvalue weighted by molar-refractivity contribution is 7.89. The van der Waals surface area contributed by atoms with E-state index in [2.05, 4.69) is 0 Å². The van der Waals surface area contributed by atoms with Crippen LogP contribution < -0.4 is 10.3 Å². The molecular weight excluding hydrogens is 636 g/mol. The number of rotatable bonds is 13. The molecule has 0 unspecified atom stereocenters. The predicted molar refractivity (Wildman–Crippen MR) is 180 cm³/mol. The van der Waals surface area contributed by atoms with Crippen molar-refractivity contribution < 1.29 is 32.5 Å². The summed E-state index contributed by atoms with van der Waals surface area (Å²) in [5, 5.41) is 9.68. The van der Waals surface area contributed by atoms with Gasteiger partial charge >= 0.3 is 0 Å². The molecule has 1 saturated carbocycles. The maximum Gasteiger partial charge on any atom is 0.288 e. The Hall–Kier alpha value is -3.91. The first-order valence-corrected chi connectivity index (χ1v) is 17.9. The third kappa shape index (κ3) is 7.54. The number of carbonyl (C=O) groups excluding carboxylic acids is 1. The monoisotopic (exact) mass is 682 g/mol. The van der Waals surface area contributed by atoms with Gasteiger partial charge in [0.15, 0.2) is 5.76 Å². The molecule has 48 heavy (non-hydrogen) atoms. The van der Waals surface area contributed by atoms with E-state index in [1.54, 1.807) is 39.5 Å². The second-order valence-corrected chi connectivity index (χ2v) is 14.2. The van der Waals surface area contributed by atoms with Gasteiger partial charge in [0.1, 0.15) is 5.75 Å². The Morgan fingerprint density at radius 1 is 1.04 bits per heavy atom. The number of aliphatic hydroxyl groups excluding tert-OH is 1. The number of sulfonamides is 1. The molecule has 1 fully saturated rings. The van der Waals surface area contributed by atoms with Gasteiger partial charge in [0.25, 0.3) is 11.5 Å². The maximum atomic E-state index is 14.0. The molecule has 2 aliphatic rings. The second-order valence-electron chi connectivity index (χ2n) is 12.3. The number of aromatic nitrogens is 2. The molecule has 0 spiro atoms. The van der Waals surface area contributed by atoms with E-state index in [1.807, 2.05) is 44.3 Å². The summed E-state index contributed by atoms with van der Waals surface area (Å²) in [6.45, 7) is 1.22. The Morgan fingerprint density at radius 2 is 1.73 bits per heavy atom. The van der Waals surface area contributed by atoms with Crippen molar-refractivity contribution in [3.05, 3.63) is 88.0 Å². The summed E-state index contributed by atoms with van der Waals surface area (Å²) in [6.07, 6.45) is 6.14. The van der Waals surface area contributed by atoms with Crippen LogP contribution in [0.4, 0.5) is 0 Å². The molecule has 5 rings (SSSR count). The van der Waals surface area contributed by atoms with Crippen molar-refractivity contribution in [3.63, 3.8) is 0 Å². The van der Waals surface area contributed by atoms with Crippen LogP contribution in [0.15, 0.2) is 76.1 Å². The lowest BCUT2D eigenvalue weighted by molar-refractivity contribution is -0.153. The number of likely N-dealkylation sites (N-methyl/N-ethyl adjacent to an activating group) is 1. The Morgan fingerprint density at radius 3 is 2.38 bits per heavy atom. The summed E-state index contributed by atoms with van der Waals surface area (Å²) < 4.78 is 48.8. The smallest absolute Gasteiger partial charge is 0.288 e. The van der Waals surface area contributed by atoms with Crippen molar-refractivity contribution in [2.24, 2.45) is 7.05 Å². The lowest BCUT2D eigenvalue weighted by atomic mass is 9.92. The van der Waals surface area contributed by atoms with E-state index in [0.717, 1.165) is 47.8 Å². The number of aliphatic hydroxyl groups is 1. The fourth-order valence-corrected chi connectivity index (χ4v) is 8.00. The van der Waals surface area contributed by atoms with Crippen LogP contribution in [0.3, 0.4) is 0 Å². The Labute approximate surface area is 282 Å². The van der Waals surface area contributed by atoms with Gasteiger partial charge in [-0.3, -0.25) is 14.3 Å². The van der Waals surface area contributed by atoms with Gasteiger partial charge in [-0.05, 0) is 62.2 Å². The highest BCUT2D eigenvalue weighted by Gasteiger charge is 2.35. The van der Waals surface area contributed by atoms with Gasteiger partial charge in [0.05, 0.1) is 30.9 Å². The number of carbonyl (C=O) groups is 1. The zero-order valence-electron chi connectivity index (χ0n) is 28.1. The van der Waals surface area contributed by atoms with Crippen molar-refractivity contribution in [2.75, 3.05) is 40.5 Å². The first-order valence-electron chi connectivity index (χ1n) is 16.4. The molecule has 2 aromatic carbocycles. The van der Waals surface area contributed by atoms with Gasteiger partial charge in [-0.15, -0.1) is 0 Å². The van der Waals surface area contributed by atoms with E-state index in [4.69, 9.17) is 14.2 Å². The molecular formula is C35H46N4O8S. The minimum Gasteiger partial charge on any atom is -0.497 e. The molecule has 1 aromatic heterocycles. The summed E-state index contributed by atoms with van der Waals surface area (Å²) in [7, 11) is 1.15. The Balaban J connectivity index is 1.40. The van der Waals surface area contributed by atoms with Gasteiger partial charge in [0.2, 0.25) is 16.3 Å². The van der Waals surface area contributed by atoms with Gasteiger partial charge in [-0.1, -0.05) is 37.5 Å². The summed E-state index contributed by atoms with van der Waals surface area (Å²) in [6, 6.07) is 15.5. The highest BCUT2D eigenvalue weighted by Crippen LogP contribution is 2.34. The fraction of sp³-hybridized carbons (Fsp3) is 0.486. The SMILES string of the molecule is COc1ccc(S(=O)(=O)N(CCO)CCO[C@H]2C[C@@H](c3c(C)n(C)n(-c4ccccc4)c3=O)C=C(C(=O)N(C)C3CCCCC3)O2)cc1. The zero-order valence-corrected chi connectivity index (χ0v) is 28.9. The number of benzene rings is 2. The zero-order chi connectivity index (χ0) is 34.4. The number of hydrogen-bond donors (Lipinski definition) is 1. The first-order chi connectivity index (χ1) is 23.1. The molecule has 3 aromatic rings. The maximum absolute atomic E-state index is 14.0. The predicted octanol–water partition coefficient (Wildman–Crippen LogP) is 3.70. The van der Waals surface area contributed by atoms with Gasteiger partial charge in [-0.2, -0.15) is 4.31 Å². The van der Waals surface area contributed by atoms with Crippen molar-refractivity contribution in [2.45, 2.75) is 68.6 Å². The van der Waals surface area contributed by atoms with Gasteiger partial charge < -0.3 is 24.2 Å². The van der Waals surface area contributed by atoms with Crippen molar-refractivity contribution in [3.8, 4) is 11.4 Å². The van der Waals surface area contributed by atoms with Crippen molar-refractivity contribution in [1.82, 2.24) is 18.6 Å². The molecule has 2 atom stereocenters. The van der Waals surface area contributed by atoms with Crippen LogP contribution in [-0.2, 0) is 31.3 Å². The van der Waals surface area contributed by atoms with E-state index in [0.29, 0.717) is 11.3 Å². The Bertz CT molecular complexity index is 1740. The number of nitrogens with zero attached hydrogens (tertiary/aromatic N) is 4. The number of allylic oxidation sites excluding steroid dienone is 1. The summed E-state index contributed by atoms with van der Waals surface area (Å²) in [4.78, 5) is 29.6. The molecule has 1 aliphatic carbocycles. The first kappa shape index (κ1) is 35.4. The average Bonchev–Trinajstić information content (AvgIpc) is 3.34.